The molecular formula is C17H27N3O. The van der Waals surface area contributed by atoms with Gasteiger partial charge in [-0.15, -0.1) is 0 Å². The quantitative estimate of drug-likeness (QED) is 0.872. The van der Waals surface area contributed by atoms with E-state index in [2.05, 4.69) is 43.0 Å². The topological polar surface area (TPSA) is 72.3 Å². The molecule has 0 saturated carbocycles. The van der Waals surface area contributed by atoms with E-state index in [0.717, 1.165) is 32.2 Å². The van der Waals surface area contributed by atoms with Crippen LogP contribution in [0.25, 0.3) is 0 Å². The van der Waals surface area contributed by atoms with Crippen LogP contribution in [0.3, 0.4) is 0 Å². The summed E-state index contributed by atoms with van der Waals surface area (Å²) in [6.45, 7) is 5.06. The van der Waals surface area contributed by atoms with Gasteiger partial charge in [-0.3, -0.25) is 9.69 Å². The third kappa shape index (κ3) is 3.63. The zero-order valence-electron chi connectivity index (χ0n) is 13.1. The highest BCUT2D eigenvalue weighted by Crippen LogP contribution is 2.31. The first-order valence-electron chi connectivity index (χ1n) is 7.91. The van der Waals surface area contributed by atoms with Crippen LogP contribution in [0.4, 0.5) is 0 Å². The van der Waals surface area contributed by atoms with Gasteiger partial charge in [0.15, 0.2) is 0 Å². The van der Waals surface area contributed by atoms with E-state index in [1.165, 1.54) is 11.1 Å². The maximum Gasteiger partial charge on any atom is 0.234 e. The van der Waals surface area contributed by atoms with Crippen molar-refractivity contribution in [1.82, 2.24) is 4.90 Å². The summed E-state index contributed by atoms with van der Waals surface area (Å²) in [6, 6.07) is 8.34. The Balaban J connectivity index is 2.34. The second kappa shape index (κ2) is 7.05. The van der Waals surface area contributed by atoms with Gasteiger partial charge in [0.1, 0.15) is 0 Å². The van der Waals surface area contributed by atoms with Crippen LogP contribution in [-0.4, -0.2) is 29.4 Å². The number of piperidine rings is 1. The molecule has 0 aromatic heterocycles. The van der Waals surface area contributed by atoms with Crippen molar-refractivity contribution < 1.29 is 4.79 Å². The minimum Gasteiger partial charge on any atom is -0.368 e. The van der Waals surface area contributed by atoms with Crippen LogP contribution in [0.15, 0.2) is 24.3 Å². The highest BCUT2D eigenvalue weighted by Gasteiger charge is 2.35. The largest absolute Gasteiger partial charge is 0.368 e. The Morgan fingerprint density at radius 1 is 1.33 bits per heavy atom. The van der Waals surface area contributed by atoms with Crippen molar-refractivity contribution in [3.63, 3.8) is 0 Å². The third-order valence-electron chi connectivity index (χ3n) is 4.53. The van der Waals surface area contributed by atoms with E-state index in [9.17, 15) is 4.79 Å². The lowest BCUT2D eigenvalue weighted by atomic mass is 9.90. The van der Waals surface area contributed by atoms with Gasteiger partial charge in [0.25, 0.3) is 0 Å². The minimum atomic E-state index is -0.227. The molecule has 116 valence electrons. The monoisotopic (exact) mass is 289 g/mol. The molecule has 0 spiro atoms. The lowest BCUT2D eigenvalue weighted by molar-refractivity contribution is -0.125. The Kier molecular flexibility index (Phi) is 5.37. The molecule has 1 saturated heterocycles. The molecule has 3 atom stereocenters. The number of benzene rings is 1. The Bertz CT molecular complexity index is 471. The molecule has 4 nitrogen and oxygen atoms in total. The smallest absolute Gasteiger partial charge is 0.234 e. The molecule has 1 aromatic rings. The second-order valence-electron chi connectivity index (χ2n) is 6.08. The lowest BCUT2D eigenvalue weighted by Gasteiger charge is -2.42. The molecule has 2 rings (SSSR count). The summed E-state index contributed by atoms with van der Waals surface area (Å²) in [4.78, 5) is 14.0. The summed E-state index contributed by atoms with van der Waals surface area (Å²) >= 11 is 0. The number of likely N-dealkylation sites (tertiary alicyclic amines) is 1. The molecule has 1 heterocycles. The Hall–Kier alpha value is -1.39. The highest BCUT2D eigenvalue weighted by atomic mass is 16.1. The molecule has 0 radical (unpaired) electrons. The summed E-state index contributed by atoms with van der Waals surface area (Å²) in [7, 11) is 0. The zero-order valence-corrected chi connectivity index (χ0v) is 13.1. The summed E-state index contributed by atoms with van der Waals surface area (Å²) in [5, 5.41) is 0. The molecular weight excluding hydrogens is 262 g/mol. The molecule has 21 heavy (non-hydrogen) atoms. The Labute approximate surface area is 127 Å². The fraction of sp³-hybridized carbons (Fsp3) is 0.588. The van der Waals surface area contributed by atoms with Gasteiger partial charge in [0.05, 0.1) is 12.1 Å². The van der Waals surface area contributed by atoms with Crippen molar-refractivity contribution in [1.29, 1.82) is 0 Å². The molecule has 1 aliphatic heterocycles. The molecule has 1 aromatic carbocycles. The fourth-order valence-corrected chi connectivity index (χ4v) is 3.26. The van der Waals surface area contributed by atoms with Gasteiger partial charge in [-0.05, 0) is 38.3 Å². The van der Waals surface area contributed by atoms with Crippen LogP contribution in [0, 0.1) is 6.92 Å². The van der Waals surface area contributed by atoms with Crippen LogP contribution >= 0.6 is 0 Å². The van der Waals surface area contributed by atoms with Crippen LogP contribution in [0.5, 0.6) is 0 Å². The van der Waals surface area contributed by atoms with Crippen molar-refractivity contribution in [2.75, 3.05) is 6.54 Å². The maximum absolute atomic E-state index is 11.8. The van der Waals surface area contributed by atoms with Crippen molar-refractivity contribution in [3.8, 4) is 0 Å². The van der Waals surface area contributed by atoms with Crippen LogP contribution in [-0.2, 0) is 4.79 Å². The number of nitrogens with zero attached hydrogens (tertiary/aromatic N) is 1. The van der Waals surface area contributed by atoms with Gasteiger partial charge < -0.3 is 11.5 Å². The molecule has 1 amide bonds. The van der Waals surface area contributed by atoms with Gasteiger partial charge in [-0.25, -0.2) is 0 Å². The average molecular weight is 289 g/mol. The average Bonchev–Trinajstić information content (AvgIpc) is 2.49. The van der Waals surface area contributed by atoms with E-state index in [1.54, 1.807) is 0 Å². The molecule has 0 bridgehead atoms. The number of primary amides is 1. The summed E-state index contributed by atoms with van der Waals surface area (Å²) in [5.41, 5.74) is 14.4. The van der Waals surface area contributed by atoms with E-state index >= 15 is 0 Å². The van der Waals surface area contributed by atoms with Crippen molar-refractivity contribution >= 4 is 5.91 Å². The first kappa shape index (κ1) is 16.0. The van der Waals surface area contributed by atoms with Crippen LogP contribution in [0.2, 0.25) is 0 Å². The van der Waals surface area contributed by atoms with Crippen LogP contribution < -0.4 is 11.5 Å². The SMILES string of the molecule is CCC(N)C(c1ccc(C)cc1)N1CCCCC1C(N)=O. The predicted octanol–water partition coefficient (Wildman–Crippen LogP) is 2.11. The summed E-state index contributed by atoms with van der Waals surface area (Å²) in [5.74, 6) is -0.227. The Morgan fingerprint density at radius 3 is 2.57 bits per heavy atom. The first-order chi connectivity index (χ1) is 10.0. The number of hydrogen-bond acceptors (Lipinski definition) is 3. The van der Waals surface area contributed by atoms with Gasteiger partial charge in [0, 0.05) is 6.04 Å². The van der Waals surface area contributed by atoms with E-state index in [4.69, 9.17) is 11.5 Å². The number of carbonyl (C=O) groups excluding carboxylic acids is 1. The molecule has 4 heteroatoms. The molecule has 1 aliphatic rings. The van der Waals surface area contributed by atoms with Gasteiger partial charge >= 0.3 is 0 Å². The van der Waals surface area contributed by atoms with Gasteiger partial charge in [-0.1, -0.05) is 43.2 Å². The van der Waals surface area contributed by atoms with E-state index in [1.807, 2.05) is 0 Å². The number of amides is 1. The lowest BCUT2D eigenvalue weighted by Crippen LogP contribution is -2.53. The molecule has 0 aliphatic carbocycles. The third-order valence-corrected chi connectivity index (χ3v) is 4.53. The number of aryl methyl sites for hydroxylation is 1. The number of rotatable bonds is 5. The van der Waals surface area contributed by atoms with E-state index in [0.29, 0.717) is 0 Å². The highest BCUT2D eigenvalue weighted by molar-refractivity contribution is 5.80. The molecule has 3 unspecified atom stereocenters. The molecule has 1 fully saturated rings. The normalized spacial score (nSPS) is 22.7. The second-order valence-corrected chi connectivity index (χ2v) is 6.08. The summed E-state index contributed by atoms with van der Waals surface area (Å²) < 4.78 is 0. The Morgan fingerprint density at radius 2 is 2.00 bits per heavy atom. The summed E-state index contributed by atoms with van der Waals surface area (Å²) in [6.07, 6.45) is 3.88. The maximum atomic E-state index is 11.8. The fourth-order valence-electron chi connectivity index (χ4n) is 3.26. The zero-order chi connectivity index (χ0) is 15.4. The molecule has 4 N–H and O–H groups in total. The van der Waals surface area contributed by atoms with E-state index < -0.39 is 0 Å². The number of hydrogen-bond donors (Lipinski definition) is 2. The number of carbonyl (C=O) groups is 1. The standard InChI is InChI=1S/C17H27N3O/c1-3-14(18)16(13-9-7-12(2)8-10-13)20-11-5-4-6-15(20)17(19)21/h7-10,14-16H,3-6,11,18H2,1-2H3,(H2,19,21). The van der Waals surface area contributed by atoms with Crippen LogP contribution in [0.1, 0.15) is 49.8 Å². The van der Waals surface area contributed by atoms with Crippen molar-refractivity contribution in [2.45, 2.75) is 57.7 Å². The predicted molar refractivity (Wildman–Crippen MR) is 85.7 cm³/mol. The van der Waals surface area contributed by atoms with E-state index in [-0.39, 0.29) is 24.0 Å². The van der Waals surface area contributed by atoms with Crippen molar-refractivity contribution in [3.05, 3.63) is 35.4 Å². The number of nitrogens with two attached hydrogens (primary N) is 2. The first-order valence-corrected chi connectivity index (χ1v) is 7.91. The van der Waals surface area contributed by atoms with Gasteiger partial charge in [-0.2, -0.15) is 0 Å². The van der Waals surface area contributed by atoms with Gasteiger partial charge in [0.2, 0.25) is 5.91 Å². The minimum absolute atomic E-state index is 0.00709. The van der Waals surface area contributed by atoms with Crippen molar-refractivity contribution in [2.24, 2.45) is 11.5 Å².